The molecular formula is C22H25ClN2O2. The van der Waals surface area contributed by atoms with Gasteiger partial charge in [0, 0.05) is 23.7 Å². The predicted octanol–water partition coefficient (Wildman–Crippen LogP) is 4.27. The van der Waals surface area contributed by atoms with Crippen molar-refractivity contribution in [2.75, 3.05) is 6.54 Å². The quantitative estimate of drug-likeness (QED) is 0.855. The summed E-state index contributed by atoms with van der Waals surface area (Å²) in [5.41, 5.74) is 3.70. The third-order valence-corrected chi connectivity index (χ3v) is 5.25. The predicted molar refractivity (Wildman–Crippen MR) is 108 cm³/mol. The summed E-state index contributed by atoms with van der Waals surface area (Å²) >= 11 is 5.94. The minimum atomic E-state index is -0.479. The monoisotopic (exact) mass is 384 g/mol. The molecule has 1 fully saturated rings. The summed E-state index contributed by atoms with van der Waals surface area (Å²) in [7, 11) is 0. The zero-order chi connectivity index (χ0) is 19.4. The van der Waals surface area contributed by atoms with Gasteiger partial charge in [-0.1, -0.05) is 41.4 Å². The van der Waals surface area contributed by atoms with E-state index in [1.807, 2.05) is 61.2 Å². The van der Waals surface area contributed by atoms with Gasteiger partial charge in [0.1, 0.15) is 6.04 Å². The van der Waals surface area contributed by atoms with Crippen molar-refractivity contribution in [1.29, 1.82) is 0 Å². The Morgan fingerprint density at radius 2 is 1.89 bits per heavy atom. The van der Waals surface area contributed by atoms with E-state index in [-0.39, 0.29) is 11.8 Å². The Morgan fingerprint density at radius 3 is 2.59 bits per heavy atom. The fourth-order valence-corrected chi connectivity index (χ4v) is 3.64. The highest BCUT2D eigenvalue weighted by Crippen LogP contribution is 2.18. The number of amides is 2. The van der Waals surface area contributed by atoms with Gasteiger partial charge in [-0.2, -0.15) is 0 Å². The molecule has 4 nitrogen and oxygen atoms in total. The van der Waals surface area contributed by atoms with Crippen molar-refractivity contribution in [1.82, 2.24) is 10.2 Å². The Labute approximate surface area is 165 Å². The molecule has 1 heterocycles. The van der Waals surface area contributed by atoms with E-state index in [4.69, 9.17) is 11.6 Å². The van der Waals surface area contributed by atoms with E-state index in [0.717, 1.165) is 29.5 Å². The second kappa shape index (κ2) is 8.57. The lowest BCUT2D eigenvalue weighted by Crippen LogP contribution is -2.47. The van der Waals surface area contributed by atoms with Crippen LogP contribution in [-0.4, -0.2) is 29.3 Å². The van der Waals surface area contributed by atoms with Gasteiger partial charge in [-0.15, -0.1) is 0 Å². The smallest absolute Gasteiger partial charge is 0.252 e. The van der Waals surface area contributed by atoms with E-state index in [1.54, 1.807) is 0 Å². The van der Waals surface area contributed by atoms with Gasteiger partial charge in [-0.05, 0) is 62.4 Å². The zero-order valence-corrected chi connectivity index (χ0v) is 16.6. The Hall–Kier alpha value is -2.33. The lowest BCUT2D eigenvalue weighted by Gasteiger charge is -2.25. The SMILES string of the molecule is Cc1ccc(C(=O)NC2CCCCN(Cc3ccc(Cl)cc3)C2=O)c(C)c1. The van der Waals surface area contributed by atoms with Crippen LogP contribution in [0, 0.1) is 13.8 Å². The van der Waals surface area contributed by atoms with Crippen LogP contribution in [0.4, 0.5) is 0 Å². The molecular weight excluding hydrogens is 360 g/mol. The number of hydrogen-bond donors (Lipinski definition) is 1. The van der Waals surface area contributed by atoms with Crippen molar-refractivity contribution in [2.24, 2.45) is 0 Å². The lowest BCUT2D eigenvalue weighted by molar-refractivity contribution is -0.133. The minimum absolute atomic E-state index is 0.0134. The molecule has 0 bridgehead atoms. The maximum Gasteiger partial charge on any atom is 0.252 e. The van der Waals surface area contributed by atoms with Crippen LogP contribution in [0.25, 0.3) is 0 Å². The first-order chi connectivity index (χ1) is 12.9. The number of nitrogens with one attached hydrogen (secondary N) is 1. The summed E-state index contributed by atoms with van der Waals surface area (Å²) in [6.45, 7) is 5.16. The number of carbonyl (C=O) groups excluding carboxylic acids is 2. The molecule has 1 N–H and O–H groups in total. The average Bonchev–Trinajstić information content (AvgIpc) is 2.79. The van der Waals surface area contributed by atoms with Crippen molar-refractivity contribution in [3.63, 3.8) is 0 Å². The number of nitrogens with zero attached hydrogens (tertiary/aromatic N) is 1. The second-order valence-corrected chi connectivity index (χ2v) is 7.66. The molecule has 0 saturated carbocycles. The maximum atomic E-state index is 13.0. The molecule has 1 unspecified atom stereocenters. The van der Waals surface area contributed by atoms with E-state index in [1.165, 1.54) is 0 Å². The van der Waals surface area contributed by atoms with Crippen LogP contribution in [-0.2, 0) is 11.3 Å². The van der Waals surface area contributed by atoms with Crippen molar-refractivity contribution < 1.29 is 9.59 Å². The first-order valence-corrected chi connectivity index (χ1v) is 9.73. The van der Waals surface area contributed by atoms with Gasteiger partial charge in [0.25, 0.3) is 5.91 Å². The molecule has 2 aromatic carbocycles. The van der Waals surface area contributed by atoms with Gasteiger partial charge in [-0.3, -0.25) is 9.59 Å². The zero-order valence-electron chi connectivity index (χ0n) is 15.8. The van der Waals surface area contributed by atoms with Gasteiger partial charge in [0.15, 0.2) is 0 Å². The van der Waals surface area contributed by atoms with E-state index >= 15 is 0 Å². The molecule has 2 aromatic rings. The summed E-state index contributed by atoms with van der Waals surface area (Å²) in [6, 6.07) is 12.8. The number of rotatable bonds is 4. The summed E-state index contributed by atoms with van der Waals surface area (Å²) < 4.78 is 0. The molecule has 0 radical (unpaired) electrons. The summed E-state index contributed by atoms with van der Waals surface area (Å²) in [5, 5.41) is 3.64. The van der Waals surface area contributed by atoms with E-state index in [0.29, 0.717) is 30.1 Å². The molecule has 0 aliphatic carbocycles. The van der Waals surface area contributed by atoms with Crippen LogP contribution in [0.5, 0.6) is 0 Å². The minimum Gasteiger partial charge on any atom is -0.340 e. The molecule has 2 amide bonds. The highest BCUT2D eigenvalue weighted by atomic mass is 35.5. The Bertz CT molecular complexity index is 833. The fourth-order valence-electron chi connectivity index (χ4n) is 3.51. The normalized spacial score (nSPS) is 17.5. The molecule has 27 heavy (non-hydrogen) atoms. The summed E-state index contributed by atoms with van der Waals surface area (Å²) in [5.74, 6) is -0.195. The van der Waals surface area contributed by atoms with Crippen LogP contribution < -0.4 is 5.32 Å². The molecule has 3 rings (SSSR count). The Balaban J connectivity index is 1.71. The maximum absolute atomic E-state index is 13.0. The van der Waals surface area contributed by atoms with Crippen LogP contribution in [0.3, 0.4) is 0 Å². The number of benzene rings is 2. The van der Waals surface area contributed by atoms with Crippen molar-refractivity contribution >= 4 is 23.4 Å². The van der Waals surface area contributed by atoms with Gasteiger partial charge < -0.3 is 10.2 Å². The largest absolute Gasteiger partial charge is 0.340 e. The van der Waals surface area contributed by atoms with Gasteiger partial charge >= 0.3 is 0 Å². The second-order valence-electron chi connectivity index (χ2n) is 7.23. The highest BCUT2D eigenvalue weighted by Gasteiger charge is 2.28. The van der Waals surface area contributed by atoms with Crippen molar-refractivity contribution in [2.45, 2.75) is 45.7 Å². The van der Waals surface area contributed by atoms with Crippen molar-refractivity contribution in [3.8, 4) is 0 Å². The molecule has 0 aromatic heterocycles. The van der Waals surface area contributed by atoms with E-state index in [2.05, 4.69) is 5.32 Å². The topological polar surface area (TPSA) is 49.4 Å². The first kappa shape index (κ1) is 19.4. The van der Waals surface area contributed by atoms with Crippen molar-refractivity contribution in [3.05, 3.63) is 69.7 Å². The standard InChI is InChI=1S/C22H25ClN2O2/c1-15-6-11-19(16(2)13-15)21(26)24-20-5-3-4-12-25(22(20)27)14-17-7-9-18(23)10-8-17/h6-11,13,20H,3-5,12,14H2,1-2H3,(H,24,26). The van der Waals surface area contributed by atoms with E-state index < -0.39 is 6.04 Å². The van der Waals surface area contributed by atoms with Crippen LogP contribution in [0.2, 0.25) is 5.02 Å². The highest BCUT2D eigenvalue weighted by molar-refractivity contribution is 6.30. The Kier molecular flexibility index (Phi) is 6.17. The molecule has 1 aliphatic heterocycles. The number of carbonyl (C=O) groups is 2. The van der Waals surface area contributed by atoms with Crippen LogP contribution >= 0.6 is 11.6 Å². The van der Waals surface area contributed by atoms with Crippen LogP contribution in [0.1, 0.15) is 46.3 Å². The molecule has 1 aliphatic rings. The Morgan fingerprint density at radius 1 is 1.15 bits per heavy atom. The number of halogens is 1. The average molecular weight is 385 g/mol. The third kappa shape index (κ3) is 4.89. The third-order valence-electron chi connectivity index (χ3n) is 5.00. The number of hydrogen-bond acceptors (Lipinski definition) is 2. The van der Waals surface area contributed by atoms with E-state index in [9.17, 15) is 9.59 Å². The summed E-state index contributed by atoms with van der Waals surface area (Å²) in [6.07, 6.45) is 2.53. The lowest BCUT2D eigenvalue weighted by atomic mass is 10.0. The molecule has 142 valence electrons. The molecule has 1 saturated heterocycles. The van der Waals surface area contributed by atoms with Crippen LogP contribution in [0.15, 0.2) is 42.5 Å². The van der Waals surface area contributed by atoms with Gasteiger partial charge in [-0.25, -0.2) is 0 Å². The van der Waals surface area contributed by atoms with Gasteiger partial charge in [0.05, 0.1) is 0 Å². The molecule has 1 atom stereocenters. The van der Waals surface area contributed by atoms with Gasteiger partial charge in [0.2, 0.25) is 5.91 Å². The number of aryl methyl sites for hydroxylation is 2. The summed E-state index contributed by atoms with van der Waals surface area (Å²) in [4.78, 5) is 27.6. The molecule has 0 spiro atoms. The first-order valence-electron chi connectivity index (χ1n) is 9.35. The fraction of sp³-hybridized carbons (Fsp3) is 0.364. The number of likely N-dealkylation sites (tertiary alicyclic amines) is 1. The molecule has 5 heteroatoms.